The van der Waals surface area contributed by atoms with Crippen LogP contribution in [0.1, 0.15) is 24.8 Å². The van der Waals surface area contributed by atoms with E-state index in [-0.39, 0.29) is 36.5 Å². The van der Waals surface area contributed by atoms with Crippen LogP contribution in [-0.4, -0.2) is 30.1 Å². The highest BCUT2D eigenvalue weighted by Crippen LogP contribution is 2.34. The molecule has 1 atom stereocenters. The van der Waals surface area contributed by atoms with Crippen LogP contribution in [0, 0.1) is 11.7 Å². The Labute approximate surface area is 122 Å². The zero-order valence-corrected chi connectivity index (χ0v) is 11.8. The van der Waals surface area contributed by atoms with Crippen LogP contribution in [0.4, 0.5) is 4.39 Å². The van der Waals surface area contributed by atoms with E-state index in [2.05, 4.69) is 5.32 Å². The molecule has 5 nitrogen and oxygen atoms in total. The van der Waals surface area contributed by atoms with E-state index in [0.717, 1.165) is 12.8 Å². The van der Waals surface area contributed by atoms with E-state index < -0.39 is 11.8 Å². The van der Waals surface area contributed by atoms with Crippen LogP contribution < -0.4 is 10.1 Å². The molecule has 0 aliphatic heterocycles. The number of aliphatic carboxylic acids is 1. The van der Waals surface area contributed by atoms with Gasteiger partial charge in [0.25, 0.3) is 0 Å². The summed E-state index contributed by atoms with van der Waals surface area (Å²) in [5.41, 5.74) is 0.524. The summed E-state index contributed by atoms with van der Waals surface area (Å²) in [6.07, 6.45) is 1.82. The maximum atomic E-state index is 13.5. The smallest absolute Gasteiger partial charge is 0.305 e. The number of carboxylic acid groups (broad SMARTS) is 1. The molecule has 21 heavy (non-hydrogen) atoms. The van der Waals surface area contributed by atoms with E-state index in [1.807, 2.05) is 0 Å². The molecule has 1 aliphatic rings. The summed E-state index contributed by atoms with van der Waals surface area (Å²) in [7, 11) is 1.37. The number of carbonyl (C=O) groups is 2. The van der Waals surface area contributed by atoms with Gasteiger partial charge < -0.3 is 15.2 Å². The Kier molecular flexibility index (Phi) is 4.77. The molecule has 1 fully saturated rings. The average Bonchev–Trinajstić information content (AvgIpc) is 3.21. The minimum atomic E-state index is -0.928. The molecule has 1 amide bonds. The highest BCUT2D eigenvalue weighted by Gasteiger charge is 2.33. The standard InChI is InChI=1S/C15H18FNO4/c1-21-13-5-2-9(6-11(13)16)7-14(18)17-12(8-15(19)20)10-3-4-10/h2,5-6,10,12H,3-4,7-8H2,1H3,(H,17,18)(H,19,20). The van der Waals surface area contributed by atoms with Crippen molar-refractivity contribution in [3.05, 3.63) is 29.6 Å². The SMILES string of the molecule is COc1ccc(CC(=O)NC(CC(=O)O)C2CC2)cc1F. The van der Waals surface area contributed by atoms with Gasteiger partial charge in [0.2, 0.25) is 5.91 Å². The second-order valence-corrected chi connectivity index (χ2v) is 5.25. The van der Waals surface area contributed by atoms with Gasteiger partial charge in [-0.2, -0.15) is 0 Å². The monoisotopic (exact) mass is 295 g/mol. The summed E-state index contributed by atoms with van der Waals surface area (Å²) in [5.74, 6) is -1.37. The minimum absolute atomic E-state index is 0.0176. The Hall–Kier alpha value is -2.11. The lowest BCUT2D eigenvalue weighted by molar-refractivity contribution is -0.137. The highest BCUT2D eigenvalue weighted by molar-refractivity contribution is 5.79. The molecule has 0 aromatic heterocycles. The van der Waals surface area contributed by atoms with Crippen molar-refractivity contribution in [1.29, 1.82) is 0 Å². The zero-order valence-electron chi connectivity index (χ0n) is 11.8. The van der Waals surface area contributed by atoms with Crippen LogP contribution in [0.2, 0.25) is 0 Å². The van der Waals surface area contributed by atoms with Crippen molar-refractivity contribution in [2.45, 2.75) is 31.7 Å². The Morgan fingerprint density at radius 3 is 2.71 bits per heavy atom. The third kappa shape index (κ3) is 4.44. The van der Waals surface area contributed by atoms with Gasteiger partial charge in [0.05, 0.1) is 20.0 Å². The molecule has 6 heteroatoms. The number of hydrogen-bond acceptors (Lipinski definition) is 3. The predicted molar refractivity (Wildman–Crippen MR) is 73.6 cm³/mol. The molecule has 0 radical (unpaired) electrons. The molecule has 0 bridgehead atoms. The topological polar surface area (TPSA) is 75.6 Å². The molecule has 1 saturated carbocycles. The summed E-state index contributed by atoms with van der Waals surface area (Å²) in [6, 6.07) is 4.00. The van der Waals surface area contributed by atoms with Gasteiger partial charge in [-0.3, -0.25) is 9.59 Å². The number of halogens is 1. The molecular weight excluding hydrogens is 277 g/mol. The molecule has 1 unspecified atom stereocenters. The van der Waals surface area contributed by atoms with Crippen molar-refractivity contribution in [2.24, 2.45) is 5.92 Å². The molecule has 1 aliphatic carbocycles. The fourth-order valence-corrected chi connectivity index (χ4v) is 2.29. The van der Waals surface area contributed by atoms with Crippen molar-refractivity contribution in [1.82, 2.24) is 5.32 Å². The van der Waals surface area contributed by atoms with Gasteiger partial charge in [-0.25, -0.2) is 4.39 Å². The summed E-state index contributed by atoms with van der Waals surface area (Å²) in [6.45, 7) is 0. The van der Waals surface area contributed by atoms with Gasteiger partial charge in [0, 0.05) is 6.04 Å². The van der Waals surface area contributed by atoms with Crippen molar-refractivity contribution < 1.29 is 23.8 Å². The molecule has 0 spiro atoms. The Morgan fingerprint density at radius 1 is 1.48 bits per heavy atom. The van der Waals surface area contributed by atoms with Gasteiger partial charge >= 0.3 is 5.97 Å². The number of ether oxygens (including phenoxy) is 1. The van der Waals surface area contributed by atoms with Gasteiger partial charge in [0.15, 0.2) is 11.6 Å². The average molecular weight is 295 g/mol. The van der Waals surface area contributed by atoms with Crippen LogP contribution >= 0.6 is 0 Å². The quantitative estimate of drug-likeness (QED) is 0.803. The second-order valence-electron chi connectivity index (χ2n) is 5.25. The van der Waals surface area contributed by atoms with Crippen LogP contribution in [0.5, 0.6) is 5.75 Å². The summed E-state index contributed by atoms with van der Waals surface area (Å²) in [5, 5.41) is 11.6. The third-order valence-corrected chi connectivity index (χ3v) is 3.51. The zero-order chi connectivity index (χ0) is 15.4. The number of hydrogen-bond donors (Lipinski definition) is 2. The molecule has 1 aromatic carbocycles. The fourth-order valence-electron chi connectivity index (χ4n) is 2.29. The molecule has 0 heterocycles. The number of rotatable bonds is 7. The summed E-state index contributed by atoms with van der Waals surface area (Å²) < 4.78 is 18.4. The van der Waals surface area contributed by atoms with E-state index in [1.165, 1.54) is 19.2 Å². The first-order chi connectivity index (χ1) is 9.99. The van der Waals surface area contributed by atoms with E-state index >= 15 is 0 Å². The van der Waals surface area contributed by atoms with Crippen molar-refractivity contribution >= 4 is 11.9 Å². The number of amides is 1. The predicted octanol–water partition coefficient (Wildman–Crippen LogP) is 1.75. The van der Waals surface area contributed by atoms with Crippen LogP contribution in [-0.2, 0) is 16.0 Å². The second kappa shape index (κ2) is 6.56. The minimum Gasteiger partial charge on any atom is -0.494 e. The van der Waals surface area contributed by atoms with Gasteiger partial charge in [0.1, 0.15) is 0 Å². The highest BCUT2D eigenvalue weighted by atomic mass is 19.1. The van der Waals surface area contributed by atoms with Gasteiger partial charge in [-0.05, 0) is 36.5 Å². The number of benzene rings is 1. The summed E-state index contributed by atoms with van der Waals surface area (Å²) >= 11 is 0. The molecular formula is C15H18FNO4. The number of carbonyl (C=O) groups excluding carboxylic acids is 1. The normalized spacial score (nSPS) is 15.3. The Balaban J connectivity index is 1.94. The van der Waals surface area contributed by atoms with E-state index in [4.69, 9.17) is 9.84 Å². The first kappa shape index (κ1) is 15.3. The number of nitrogens with one attached hydrogen (secondary N) is 1. The van der Waals surface area contributed by atoms with Crippen molar-refractivity contribution in [3.8, 4) is 5.75 Å². The van der Waals surface area contributed by atoms with Crippen LogP contribution in [0.25, 0.3) is 0 Å². The lowest BCUT2D eigenvalue weighted by atomic mass is 10.1. The first-order valence-corrected chi connectivity index (χ1v) is 6.83. The molecule has 2 N–H and O–H groups in total. The van der Waals surface area contributed by atoms with Crippen LogP contribution in [0.3, 0.4) is 0 Å². The van der Waals surface area contributed by atoms with Gasteiger partial charge in [-0.1, -0.05) is 6.07 Å². The Bertz CT molecular complexity index is 542. The lowest BCUT2D eigenvalue weighted by Crippen LogP contribution is -2.38. The fraction of sp³-hybridized carbons (Fsp3) is 0.467. The van der Waals surface area contributed by atoms with Crippen molar-refractivity contribution in [2.75, 3.05) is 7.11 Å². The largest absolute Gasteiger partial charge is 0.494 e. The molecule has 0 saturated heterocycles. The van der Waals surface area contributed by atoms with Crippen LogP contribution in [0.15, 0.2) is 18.2 Å². The summed E-state index contributed by atoms with van der Waals surface area (Å²) in [4.78, 5) is 22.7. The first-order valence-electron chi connectivity index (χ1n) is 6.83. The third-order valence-electron chi connectivity index (χ3n) is 3.51. The van der Waals surface area contributed by atoms with E-state index in [9.17, 15) is 14.0 Å². The van der Waals surface area contributed by atoms with Crippen molar-refractivity contribution in [3.63, 3.8) is 0 Å². The molecule has 2 rings (SSSR count). The molecule has 114 valence electrons. The number of carboxylic acids is 1. The molecule has 1 aromatic rings. The maximum absolute atomic E-state index is 13.5. The van der Waals surface area contributed by atoms with E-state index in [1.54, 1.807) is 6.07 Å². The Morgan fingerprint density at radius 2 is 2.19 bits per heavy atom. The van der Waals surface area contributed by atoms with E-state index in [0.29, 0.717) is 5.56 Å². The van der Waals surface area contributed by atoms with Gasteiger partial charge in [-0.15, -0.1) is 0 Å². The maximum Gasteiger partial charge on any atom is 0.305 e. The lowest BCUT2D eigenvalue weighted by Gasteiger charge is -2.16. The number of methoxy groups -OCH3 is 1.